The molecule has 0 unspecified atom stereocenters. The van der Waals surface area contributed by atoms with Gasteiger partial charge >= 0.3 is 0 Å². The predicted octanol–water partition coefficient (Wildman–Crippen LogP) is 3.56. The number of nitrogens with two attached hydrogens (primary N) is 1. The summed E-state index contributed by atoms with van der Waals surface area (Å²) < 4.78 is 0. The molecule has 0 aliphatic rings. The van der Waals surface area contributed by atoms with Crippen LogP contribution in [0.2, 0.25) is 0 Å². The average molecular weight is 226 g/mol. The van der Waals surface area contributed by atoms with Crippen LogP contribution in [-0.4, -0.2) is 4.98 Å². The van der Waals surface area contributed by atoms with E-state index in [-0.39, 0.29) is 0 Å². The van der Waals surface area contributed by atoms with Crippen LogP contribution in [0, 0.1) is 27.7 Å². The lowest BCUT2D eigenvalue weighted by molar-refractivity contribution is 1.26. The molecule has 0 atom stereocenters. The molecular formula is C15H18N2. The van der Waals surface area contributed by atoms with Crippen LogP contribution in [0.1, 0.15) is 22.3 Å². The lowest BCUT2D eigenvalue weighted by atomic mass is 9.93. The highest BCUT2D eigenvalue weighted by molar-refractivity contribution is 5.79. The lowest BCUT2D eigenvalue weighted by Gasteiger charge is -2.13. The van der Waals surface area contributed by atoms with Crippen molar-refractivity contribution in [2.24, 2.45) is 0 Å². The highest BCUT2D eigenvalue weighted by Gasteiger charge is 2.10. The molecule has 2 rings (SSSR count). The monoisotopic (exact) mass is 226 g/mol. The van der Waals surface area contributed by atoms with Crippen molar-refractivity contribution in [1.29, 1.82) is 0 Å². The van der Waals surface area contributed by atoms with Crippen LogP contribution in [0.3, 0.4) is 0 Å². The van der Waals surface area contributed by atoms with E-state index in [1.54, 1.807) is 6.20 Å². The van der Waals surface area contributed by atoms with Gasteiger partial charge in [0.15, 0.2) is 0 Å². The van der Waals surface area contributed by atoms with E-state index in [0.29, 0.717) is 5.82 Å². The van der Waals surface area contributed by atoms with Crippen molar-refractivity contribution in [2.45, 2.75) is 27.7 Å². The molecule has 0 spiro atoms. The molecule has 2 N–H and O–H groups in total. The predicted molar refractivity (Wildman–Crippen MR) is 73.0 cm³/mol. The maximum atomic E-state index is 6.00. The van der Waals surface area contributed by atoms with E-state index in [1.807, 2.05) is 6.07 Å². The molecule has 2 heteroatoms. The summed E-state index contributed by atoms with van der Waals surface area (Å²) >= 11 is 0. The number of aryl methyl sites for hydroxylation is 4. The van der Waals surface area contributed by atoms with Crippen LogP contribution in [0.5, 0.6) is 0 Å². The maximum Gasteiger partial charge on any atom is 0.131 e. The SMILES string of the molecule is Cc1cc(C)c(-c2c(C)ccnc2N)cc1C. The fourth-order valence-electron chi connectivity index (χ4n) is 2.16. The van der Waals surface area contributed by atoms with Gasteiger partial charge in [-0.1, -0.05) is 12.1 Å². The van der Waals surface area contributed by atoms with Crippen LogP contribution in [0.25, 0.3) is 11.1 Å². The Balaban J connectivity index is 2.73. The van der Waals surface area contributed by atoms with E-state index in [0.717, 1.165) is 5.56 Å². The third-order valence-corrected chi connectivity index (χ3v) is 3.30. The molecule has 17 heavy (non-hydrogen) atoms. The van der Waals surface area contributed by atoms with E-state index in [1.165, 1.54) is 27.8 Å². The first kappa shape index (κ1) is 11.6. The number of aromatic nitrogens is 1. The molecule has 88 valence electrons. The number of anilines is 1. The molecule has 0 aliphatic carbocycles. The van der Waals surface area contributed by atoms with E-state index in [4.69, 9.17) is 5.73 Å². The van der Waals surface area contributed by atoms with Crippen molar-refractivity contribution in [3.05, 3.63) is 46.6 Å². The van der Waals surface area contributed by atoms with Gasteiger partial charge in [-0.25, -0.2) is 4.98 Å². The summed E-state index contributed by atoms with van der Waals surface area (Å²) in [5.41, 5.74) is 13.3. The molecule has 2 nitrogen and oxygen atoms in total. The molecule has 0 fully saturated rings. The van der Waals surface area contributed by atoms with E-state index in [2.05, 4.69) is 44.8 Å². The molecule has 0 bridgehead atoms. The fourth-order valence-corrected chi connectivity index (χ4v) is 2.16. The second-order valence-electron chi connectivity index (χ2n) is 4.64. The van der Waals surface area contributed by atoms with Crippen LogP contribution < -0.4 is 5.73 Å². The molecule has 0 saturated carbocycles. The zero-order chi connectivity index (χ0) is 12.6. The first-order chi connectivity index (χ1) is 8.00. The van der Waals surface area contributed by atoms with Crippen LogP contribution in [0.15, 0.2) is 24.4 Å². The lowest BCUT2D eigenvalue weighted by Crippen LogP contribution is -1.98. The summed E-state index contributed by atoms with van der Waals surface area (Å²) in [5.74, 6) is 0.608. The van der Waals surface area contributed by atoms with Gasteiger partial charge in [-0.3, -0.25) is 0 Å². The Morgan fingerprint density at radius 1 is 0.882 bits per heavy atom. The largest absolute Gasteiger partial charge is 0.383 e. The van der Waals surface area contributed by atoms with E-state index >= 15 is 0 Å². The number of nitrogen functional groups attached to an aromatic ring is 1. The second kappa shape index (κ2) is 4.21. The van der Waals surface area contributed by atoms with Crippen molar-refractivity contribution in [3.8, 4) is 11.1 Å². The average Bonchev–Trinajstić information content (AvgIpc) is 2.25. The highest BCUT2D eigenvalue weighted by atomic mass is 14.8. The molecule has 2 aromatic rings. The Bertz CT molecular complexity index is 551. The molecule has 0 saturated heterocycles. The molecule has 1 heterocycles. The van der Waals surface area contributed by atoms with E-state index in [9.17, 15) is 0 Å². The zero-order valence-electron chi connectivity index (χ0n) is 10.8. The molecule has 0 aliphatic heterocycles. The quantitative estimate of drug-likeness (QED) is 0.807. The molecule has 0 radical (unpaired) electrons. The Hall–Kier alpha value is -1.83. The molecule has 1 aromatic carbocycles. The standard InChI is InChI=1S/C15H18N2/c1-9-5-6-17-15(16)14(9)13-8-11(3)10(2)7-12(13)4/h5-8H,1-4H3,(H2,16,17). The van der Waals surface area contributed by atoms with Gasteiger partial charge in [-0.15, -0.1) is 0 Å². The minimum Gasteiger partial charge on any atom is -0.383 e. The molecular weight excluding hydrogens is 208 g/mol. The summed E-state index contributed by atoms with van der Waals surface area (Å²) in [5, 5.41) is 0. The van der Waals surface area contributed by atoms with Crippen LogP contribution in [-0.2, 0) is 0 Å². The minimum absolute atomic E-state index is 0.608. The summed E-state index contributed by atoms with van der Waals surface area (Å²) in [4.78, 5) is 4.19. The van der Waals surface area contributed by atoms with Gasteiger partial charge in [-0.2, -0.15) is 0 Å². The zero-order valence-corrected chi connectivity index (χ0v) is 10.8. The fraction of sp³-hybridized carbons (Fsp3) is 0.267. The number of hydrogen-bond donors (Lipinski definition) is 1. The maximum absolute atomic E-state index is 6.00. The second-order valence-corrected chi connectivity index (χ2v) is 4.64. The van der Waals surface area contributed by atoms with Crippen LogP contribution >= 0.6 is 0 Å². The topological polar surface area (TPSA) is 38.9 Å². The summed E-state index contributed by atoms with van der Waals surface area (Å²) in [7, 11) is 0. The van der Waals surface area contributed by atoms with E-state index < -0.39 is 0 Å². The normalized spacial score (nSPS) is 10.6. The first-order valence-corrected chi connectivity index (χ1v) is 5.80. The van der Waals surface area contributed by atoms with Crippen molar-refractivity contribution in [3.63, 3.8) is 0 Å². The number of nitrogens with zero attached hydrogens (tertiary/aromatic N) is 1. The van der Waals surface area contributed by atoms with Gasteiger partial charge in [0.1, 0.15) is 5.82 Å². The Morgan fingerprint density at radius 3 is 2.18 bits per heavy atom. The van der Waals surface area contributed by atoms with Gasteiger partial charge in [0.2, 0.25) is 0 Å². The Labute approximate surface area is 103 Å². The summed E-state index contributed by atoms with van der Waals surface area (Å²) in [6.07, 6.45) is 1.75. The van der Waals surface area contributed by atoms with Crippen molar-refractivity contribution < 1.29 is 0 Å². The smallest absolute Gasteiger partial charge is 0.131 e. The highest BCUT2D eigenvalue weighted by Crippen LogP contribution is 2.32. The number of pyridine rings is 1. The van der Waals surface area contributed by atoms with Crippen molar-refractivity contribution >= 4 is 5.82 Å². The molecule has 0 amide bonds. The third kappa shape index (κ3) is 2.03. The van der Waals surface area contributed by atoms with Gasteiger partial charge in [0.05, 0.1) is 0 Å². The summed E-state index contributed by atoms with van der Waals surface area (Å²) in [6.45, 7) is 8.45. The Morgan fingerprint density at radius 2 is 1.53 bits per heavy atom. The van der Waals surface area contributed by atoms with Gasteiger partial charge in [-0.05, 0) is 61.6 Å². The Kier molecular flexibility index (Phi) is 2.88. The van der Waals surface area contributed by atoms with Crippen LogP contribution in [0.4, 0.5) is 5.82 Å². The number of hydrogen-bond acceptors (Lipinski definition) is 2. The van der Waals surface area contributed by atoms with Crippen molar-refractivity contribution in [2.75, 3.05) is 5.73 Å². The number of benzene rings is 1. The van der Waals surface area contributed by atoms with Gasteiger partial charge < -0.3 is 5.73 Å². The third-order valence-electron chi connectivity index (χ3n) is 3.30. The van der Waals surface area contributed by atoms with Gasteiger partial charge in [0, 0.05) is 11.8 Å². The summed E-state index contributed by atoms with van der Waals surface area (Å²) in [6, 6.07) is 6.40. The molecule has 1 aromatic heterocycles. The van der Waals surface area contributed by atoms with Gasteiger partial charge in [0.25, 0.3) is 0 Å². The number of rotatable bonds is 1. The van der Waals surface area contributed by atoms with Crippen molar-refractivity contribution in [1.82, 2.24) is 4.98 Å². The first-order valence-electron chi connectivity index (χ1n) is 5.80. The minimum atomic E-state index is 0.608.